The lowest BCUT2D eigenvalue weighted by Gasteiger charge is -2.25. The molecule has 15 heavy (non-hydrogen) atoms. The first-order valence-corrected chi connectivity index (χ1v) is 4.58. The molecule has 0 N–H and O–H groups in total. The van der Waals surface area contributed by atoms with E-state index in [1.165, 1.54) is 18.2 Å². The van der Waals surface area contributed by atoms with Gasteiger partial charge < -0.3 is 0 Å². The van der Waals surface area contributed by atoms with Crippen molar-refractivity contribution in [2.24, 2.45) is 5.92 Å². The van der Waals surface area contributed by atoms with Crippen LogP contribution in [-0.2, 0) is 0 Å². The maximum absolute atomic E-state index is 10.9. The SMILES string of the molecule is CC(C)C1([N+](=O)[O-])C=CC([N+](=O)[O-])=CC1. The number of hydrogen-bond acceptors (Lipinski definition) is 4. The lowest BCUT2D eigenvalue weighted by atomic mass is 9.81. The summed E-state index contributed by atoms with van der Waals surface area (Å²) in [5.41, 5.74) is -1.27. The zero-order chi connectivity index (χ0) is 11.6. The van der Waals surface area contributed by atoms with Gasteiger partial charge in [-0.15, -0.1) is 0 Å². The Kier molecular flexibility index (Phi) is 2.88. The Bertz CT molecular complexity index is 359. The maximum atomic E-state index is 10.9. The van der Waals surface area contributed by atoms with Crippen LogP contribution in [0.2, 0.25) is 0 Å². The molecule has 6 nitrogen and oxygen atoms in total. The first-order chi connectivity index (χ1) is 6.90. The van der Waals surface area contributed by atoms with E-state index in [2.05, 4.69) is 0 Å². The number of rotatable bonds is 3. The summed E-state index contributed by atoms with van der Waals surface area (Å²) in [6.45, 7) is 3.47. The number of nitro groups is 2. The highest BCUT2D eigenvalue weighted by Gasteiger charge is 2.45. The molecule has 0 aromatic heterocycles. The van der Waals surface area contributed by atoms with Crippen LogP contribution in [0.25, 0.3) is 0 Å². The molecule has 0 aliphatic heterocycles. The molecule has 0 spiro atoms. The first kappa shape index (κ1) is 11.4. The van der Waals surface area contributed by atoms with E-state index >= 15 is 0 Å². The van der Waals surface area contributed by atoms with Crippen LogP contribution in [0.3, 0.4) is 0 Å². The third kappa shape index (κ3) is 1.88. The second-order valence-corrected chi connectivity index (χ2v) is 3.83. The number of allylic oxidation sites excluding steroid dienone is 1. The molecule has 0 saturated carbocycles. The minimum atomic E-state index is -1.19. The van der Waals surface area contributed by atoms with Crippen molar-refractivity contribution in [1.29, 1.82) is 0 Å². The Labute approximate surface area is 86.6 Å². The fourth-order valence-electron chi connectivity index (χ4n) is 1.54. The van der Waals surface area contributed by atoms with Gasteiger partial charge >= 0.3 is 0 Å². The molecule has 0 aromatic carbocycles. The fraction of sp³-hybridized carbons (Fsp3) is 0.556. The predicted octanol–water partition coefficient (Wildman–Crippen LogP) is 1.78. The second kappa shape index (κ2) is 3.80. The molecule has 82 valence electrons. The maximum Gasteiger partial charge on any atom is 0.265 e. The van der Waals surface area contributed by atoms with Crippen molar-refractivity contribution in [3.63, 3.8) is 0 Å². The van der Waals surface area contributed by atoms with Gasteiger partial charge in [-0.3, -0.25) is 20.2 Å². The zero-order valence-electron chi connectivity index (χ0n) is 8.54. The van der Waals surface area contributed by atoms with Crippen molar-refractivity contribution in [3.05, 3.63) is 44.2 Å². The van der Waals surface area contributed by atoms with Crippen molar-refractivity contribution in [1.82, 2.24) is 0 Å². The van der Waals surface area contributed by atoms with Gasteiger partial charge in [-0.1, -0.05) is 13.8 Å². The van der Waals surface area contributed by atoms with Crippen molar-refractivity contribution in [3.8, 4) is 0 Å². The van der Waals surface area contributed by atoms with Crippen molar-refractivity contribution >= 4 is 0 Å². The van der Waals surface area contributed by atoms with Crippen LogP contribution in [0, 0.1) is 26.1 Å². The second-order valence-electron chi connectivity index (χ2n) is 3.83. The van der Waals surface area contributed by atoms with Crippen LogP contribution in [0.15, 0.2) is 23.9 Å². The molecule has 0 radical (unpaired) electrons. The van der Waals surface area contributed by atoms with Gasteiger partial charge in [0.15, 0.2) is 0 Å². The number of hydrogen-bond donors (Lipinski definition) is 0. The first-order valence-electron chi connectivity index (χ1n) is 4.58. The Morgan fingerprint density at radius 1 is 1.40 bits per heavy atom. The third-order valence-corrected chi connectivity index (χ3v) is 2.73. The van der Waals surface area contributed by atoms with Gasteiger partial charge in [0.05, 0.1) is 4.92 Å². The van der Waals surface area contributed by atoms with Crippen molar-refractivity contribution < 1.29 is 9.85 Å². The molecule has 1 rings (SSSR count). The summed E-state index contributed by atoms with van der Waals surface area (Å²) in [4.78, 5) is 20.5. The largest absolute Gasteiger partial charge is 0.265 e. The normalized spacial score (nSPS) is 25.1. The summed E-state index contributed by atoms with van der Waals surface area (Å²) in [5.74, 6) is -0.201. The lowest BCUT2D eigenvalue weighted by molar-refractivity contribution is -0.564. The highest BCUT2D eigenvalue weighted by atomic mass is 16.6. The smallest absolute Gasteiger partial charge is 0.264 e. The van der Waals surface area contributed by atoms with E-state index in [4.69, 9.17) is 0 Å². The van der Waals surface area contributed by atoms with Crippen LogP contribution >= 0.6 is 0 Å². The Balaban J connectivity index is 2.99. The predicted molar refractivity (Wildman–Crippen MR) is 53.4 cm³/mol. The van der Waals surface area contributed by atoms with Crippen LogP contribution in [0.1, 0.15) is 20.3 Å². The molecule has 0 amide bonds. The summed E-state index contributed by atoms with van der Waals surface area (Å²) >= 11 is 0. The average Bonchev–Trinajstić information content (AvgIpc) is 2.17. The summed E-state index contributed by atoms with van der Waals surface area (Å²) < 4.78 is 0. The van der Waals surface area contributed by atoms with Gasteiger partial charge in [-0.25, -0.2) is 0 Å². The standard InChI is InChI=1S/C9H12N2O4/c1-7(2)9(11(14)15)5-3-8(4-6-9)10(12)13/h3-5,7H,6H2,1-2H3. The van der Waals surface area contributed by atoms with Crippen LogP contribution < -0.4 is 0 Å². The molecule has 1 atom stereocenters. The van der Waals surface area contributed by atoms with Crippen LogP contribution in [0.5, 0.6) is 0 Å². The van der Waals surface area contributed by atoms with Gasteiger partial charge in [0.1, 0.15) is 0 Å². The molecule has 0 aromatic rings. The van der Waals surface area contributed by atoms with Crippen molar-refractivity contribution in [2.75, 3.05) is 0 Å². The highest BCUT2D eigenvalue weighted by molar-refractivity contribution is 5.23. The van der Waals surface area contributed by atoms with Crippen molar-refractivity contribution in [2.45, 2.75) is 25.8 Å². The monoisotopic (exact) mass is 212 g/mol. The molecule has 0 saturated heterocycles. The summed E-state index contributed by atoms with van der Waals surface area (Å²) in [6, 6.07) is 0. The van der Waals surface area contributed by atoms with E-state index in [-0.39, 0.29) is 23.0 Å². The molecule has 1 unspecified atom stereocenters. The van der Waals surface area contributed by atoms with E-state index in [1.54, 1.807) is 13.8 Å². The number of nitrogens with zero attached hydrogens (tertiary/aromatic N) is 2. The molecular weight excluding hydrogens is 200 g/mol. The van der Waals surface area contributed by atoms with E-state index in [1.807, 2.05) is 0 Å². The van der Waals surface area contributed by atoms with E-state index < -0.39 is 10.5 Å². The van der Waals surface area contributed by atoms with E-state index in [0.717, 1.165) is 0 Å². The highest BCUT2D eigenvalue weighted by Crippen LogP contribution is 2.31. The topological polar surface area (TPSA) is 86.3 Å². The van der Waals surface area contributed by atoms with Gasteiger partial charge in [-0.05, 0) is 6.08 Å². The minimum absolute atomic E-state index is 0.0739. The Morgan fingerprint density at radius 2 is 2.00 bits per heavy atom. The molecule has 6 heteroatoms. The molecular formula is C9H12N2O4. The molecule has 0 bridgehead atoms. The summed E-state index contributed by atoms with van der Waals surface area (Å²) in [7, 11) is 0. The quantitative estimate of drug-likeness (QED) is 0.527. The van der Waals surface area contributed by atoms with Crippen LogP contribution in [-0.4, -0.2) is 15.4 Å². The van der Waals surface area contributed by atoms with Gasteiger partial charge in [0.2, 0.25) is 5.54 Å². The fourth-order valence-corrected chi connectivity index (χ4v) is 1.54. The molecule has 1 aliphatic rings. The van der Waals surface area contributed by atoms with E-state index in [9.17, 15) is 20.2 Å². The molecule has 0 fully saturated rings. The van der Waals surface area contributed by atoms with Gasteiger partial charge in [0.25, 0.3) is 5.70 Å². The molecule has 1 aliphatic carbocycles. The average molecular weight is 212 g/mol. The summed E-state index contributed by atoms with van der Waals surface area (Å²) in [5, 5.41) is 21.4. The Hall–Kier alpha value is -1.72. The minimum Gasteiger partial charge on any atom is -0.264 e. The van der Waals surface area contributed by atoms with Crippen LogP contribution in [0.4, 0.5) is 0 Å². The zero-order valence-corrected chi connectivity index (χ0v) is 8.54. The van der Waals surface area contributed by atoms with Gasteiger partial charge in [-0.2, -0.15) is 0 Å². The lowest BCUT2D eigenvalue weighted by Crippen LogP contribution is -2.42. The Morgan fingerprint density at radius 3 is 2.27 bits per heavy atom. The van der Waals surface area contributed by atoms with E-state index in [0.29, 0.717) is 0 Å². The summed E-state index contributed by atoms with van der Waals surface area (Å²) in [6.07, 6.45) is 3.93. The van der Waals surface area contributed by atoms with Gasteiger partial charge in [0, 0.05) is 29.4 Å². The third-order valence-electron chi connectivity index (χ3n) is 2.73. The molecule has 0 heterocycles.